The predicted octanol–water partition coefficient (Wildman–Crippen LogP) is 1.29. The monoisotopic (exact) mass is 256 g/mol. The van der Waals surface area contributed by atoms with Gasteiger partial charge in [0.25, 0.3) is 5.91 Å². The molecule has 16 heavy (non-hydrogen) atoms. The van der Waals surface area contributed by atoms with Gasteiger partial charge in [-0.1, -0.05) is 17.7 Å². The minimum Gasteiger partial charge on any atom is -0.369 e. The van der Waals surface area contributed by atoms with Crippen LogP contribution >= 0.6 is 23.8 Å². The van der Waals surface area contributed by atoms with Crippen LogP contribution in [0.3, 0.4) is 0 Å². The van der Waals surface area contributed by atoms with Crippen LogP contribution in [-0.4, -0.2) is 28.1 Å². The van der Waals surface area contributed by atoms with Crippen molar-refractivity contribution in [1.29, 1.82) is 0 Å². The minimum atomic E-state index is -1.04. The Kier molecular flexibility index (Phi) is 2.84. The first-order valence-electron chi connectivity index (χ1n) is 4.59. The lowest BCUT2D eigenvalue weighted by atomic mass is 10.1. The number of hydrogen-bond donors (Lipinski definition) is 2. The average molecular weight is 257 g/mol. The Labute approximate surface area is 103 Å². The molecule has 1 atom stereocenters. The number of thiocarbonyl (C=S) groups is 1. The van der Waals surface area contributed by atoms with Crippen molar-refractivity contribution in [3.05, 3.63) is 34.3 Å². The van der Waals surface area contributed by atoms with E-state index in [1.54, 1.807) is 19.2 Å². The molecule has 0 saturated carbocycles. The zero-order valence-corrected chi connectivity index (χ0v) is 9.97. The third kappa shape index (κ3) is 1.57. The number of carbonyl (C=O) groups is 1. The quantitative estimate of drug-likeness (QED) is 0.687. The molecule has 1 amide bonds. The summed E-state index contributed by atoms with van der Waals surface area (Å²) in [5.41, 5.74) is 0.907. The molecule has 6 heteroatoms. The van der Waals surface area contributed by atoms with Crippen LogP contribution in [0.4, 0.5) is 0 Å². The van der Waals surface area contributed by atoms with Crippen molar-refractivity contribution in [2.24, 2.45) is 0 Å². The molecule has 0 radical (unpaired) electrons. The van der Waals surface area contributed by atoms with E-state index >= 15 is 0 Å². The van der Waals surface area contributed by atoms with Gasteiger partial charge in [-0.05, 0) is 24.4 Å². The molecule has 0 fully saturated rings. The Morgan fingerprint density at radius 3 is 2.94 bits per heavy atom. The van der Waals surface area contributed by atoms with Gasteiger partial charge in [-0.2, -0.15) is 0 Å². The van der Waals surface area contributed by atoms with Crippen LogP contribution in [-0.2, 0) is 0 Å². The maximum Gasteiger partial charge on any atom is 0.262 e. The van der Waals surface area contributed by atoms with Crippen LogP contribution in [0.25, 0.3) is 0 Å². The molecule has 2 N–H and O–H groups in total. The summed E-state index contributed by atoms with van der Waals surface area (Å²) in [6.07, 6.45) is -1.04. The normalized spacial score (nSPS) is 18.6. The third-order valence-electron chi connectivity index (χ3n) is 2.42. The summed E-state index contributed by atoms with van der Waals surface area (Å²) in [6, 6.07) is 4.78. The van der Waals surface area contributed by atoms with Gasteiger partial charge in [-0.25, -0.2) is 0 Å². The topological polar surface area (TPSA) is 52.6 Å². The van der Waals surface area contributed by atoms with Crippen LogP contribution in [0, 0.1) is 0 Å². The van der Waals surface area contributed by atoms with Crippen molar-refractivity contribution in [2.75, 3.05) is 7.05 Å². The molecule has 1 aliphatic rings. The minimum absolute atomic E-state index is 0.185. The van der Waals surface area contributed by atoms with E-state index in [-0.39, 0.29) is 11.0 Å². The van der Waals surface area contributed by atoms with E-state index in [1.807, 2.05) is 0 Å². The summed E-state index contributed by atoms with van der Waals surface area (Å²) in [6.45, 7) is 0. The largest absolute Gasteiger partial charge is 0.369 e. The number of nitrogens with one attached hydrogen (secondary N) is 1. The zero-order valence-electron chi connectivity index (χ0n) is 8.40. The summed E-state index contributed by atoms with van der Waals surface area (Å²) in [5.74, 6) is -0.343. The van der Waals surface area contributed by atoms with Gasteiger partial charge < -0.3 is 10.4 Å². The molecule has 84 valence electrons. The molecule has 0 bridgehead atoms. The van der Waals surface area contributed by atoms with Crippen LogP contribution in [0.15, 0.2) is 18.2 Å². The van der Waals surface area contributed by atoms with Crippen LogP contribution in [0.5, 0.6) is 0 Å². The van der Waals surface area contributed by atoms with Crippen molar-refractivity contribution in [3.63, 3.8) is 0 Å². The molecule has 1 aromatic carbocycles. The number of aliphatic hydroxyl groups excluding tert-OH is 1. The van der Waals surface area contributed by atoms with Gasteiger partial charge in [0.2, 0.25) is 0 Å². The molecule has 1 unspecified atom stereocenters. The summed E-state index contributed by atoms with van der Waals surface area (Å²) in [7, 11) is 1.60. The third-order valence-corrected chi connectivity index (χ3v) is 3.06. The Bertz CT molecular complexity index is 478. The molecule has 2 rings (SSSR count). The molecule has 1 aromatic rings. The first-order chi connectivity index (χ1) is 7.56. The lowest BCUT2D eigenvalue weighted by Gasteiger charge is -2.20. The Morgan fingerprint density at radius 1 is 1.62 bits per heavy atom. The number of rotatable bonds is 0. The van der Waals surface area contributed by atoms with E-state index in [1.165, 1.54) is 6.07 Å². The molecule has 0 spiro atoms. The second-order valence-electron chi connectivity index (χ2n) is 3.34. The molecule has 1 aliphatic heterocycles. The summed E-state index contributed by atoms with van der Waals surface area (Å²) in [4.78, 5) is 13.1. The van der Waals surface area contributed by atoms with Crippen molar-refractivity contribution in [1.82, 2.24) is 10.2 Å². The molecular formula is C10H9ClN2O2S. The number of benzene rings is 1. The van der Waals surface area contributed by atoms with Gasteiger partial charge in [0.1, 0.15) is 0 Å². The van der Waals surface area contributed by atoms with Gasteiger partial charge in [0.05, 0.1) is 0 Å². The Morgan fingerprint density at radius 2 is 2.31 bits per heavy atom. The number of amides is 1. The van der Waals surface area contributed by atoms with Crippen LogP contribution < -0.4 is 5.32 Å². The fraction of sp³-hybridized carbons (Fsp3) is 0.200. The van der Waals surface area contributed by atoms with Crippen LogP contribution in [0.1, 0.15) is 22.1 Å². The Balaban J connectivity index is 2.48. The number of aliphatic hydroxyl groups is 1. The summed E-state index contributed by atoms with van der Waals surface area (Å²) < 4.78 is 0. The van der Waals surface area contributed by atoms with E-state index in [2.05, 4.69) is 5.32 Å². The lowest BCUT2D eigenvalue weighted by molar-refractivity contribution is 0.0483. The maximum atomic E-state index is 11.9. The number of carbonyl (C=O) groups excluding carboxylic acids is 1. The van der Waals surface area contributed by atoms with Gasteiger partial charge in [0.15, 0.2) is 11.3 Å². The summed E-state index contributed by atoms with van der Waals surface area (Å²) >= 11 is 10.7. The van der Waals surface area contributed by atoms with E-state index in [4.69, 9.17) is 23.8 Å². The molecule has 0 aromatic heterocycles. The number of nitrogens with zero attached hydrogens (tertiary/aromatic N) is 1. The number of fused-ring (bicyclic) bond motifs is 1. The van der Waals surface area contributed by atoms with Crippen molar-refractivity contribution in [2.45, 2.75) is 6.23 Å². The predicted molar refractivity (Wildman–Crippen MR) is 64.2 cm³/mol. The highest BCUT2D eigenvalue weighted by Crippen LogP contribution is 2.33. The summed E-state index contributed by atoms with van der Waals surface area (Å²) in [5, 5.41) is 13.2. The molecule has 4 nitrogen and oxygen atoms in total. The zero-order chi connectivity index (χ0) is 11.9. The molecule has 1 heterocycles. The highest BCUT2D eigenvalue weighted by molar-refractivity contribution is 7.80. The van der Waals surface area contributed by atoms with E-state index in [0.717, 1.165) is 4.90 Å². The lowest BCUT2D eigenvalue weighted by Crippen LogP contribution is -2.40. The maximum absolute atomic E-state index is 11.9. The highest BCUT2D eigenvalue weighted by Gasteiger charge is 2.37. The van der Waals surface area contributed by atoms with Crippen LogP contribution in [0.2, 0.25) is 5.02 Å². The fourth-order valence-electron chi connectivity index (χ4n) is 1.64. The van der Waals surface area contributed by atoms with E-state index in [9.17, 15) is 9.90 Å². The van der Waals surface area contributed by atoms with Crippen molar-refractivity contribution >= 4 is 34.8 Å². The smallest absolute Gasteiger partial charge is 0.262 e. The van der Waals surface area contributed by atoms with Gasteiger partial charge in [-0.15, -0.1) is 0 Å². The molecule has 0 saturated heterocycles. The van der Waals surface area contributed by atoms with Crippen molar-refractivity contribution < 1.29 is 9.90 Å². The van der Waals surface area contributed by atoms with Gasteiger partial charge >= 0.3 is 0 Å². The number of hydrogen-bond acceptors (Lipinski definition) is 3. The first-order valence-corrected chi connectivity index (χ1v) is 5.37. The van der Waals surface area contributed by atoms with E-state index < -0.39 is 6.23 Å². The SMILES string of the molecule is CNC(=S)N1C(=O)c2cc(Cl)ccc2C1O. The van der Waals surface area contributed by atoms with Crippen molar-refractivity contribution in [3.8, 4) is 0 Å². The highest BCUT2D eigenvalue weighted by atomic mass is 35.5. The average Bonchev–Trinajstić information content (AvgIpc) is 2.51. The van der Waals surface area contributed by atoms with Gasteiger partial charge in [-0.3, -0.25) is 9.69 Å². The second kappa shape index (κ2) is 4.01. The van der Waals surface area contributed by atoms with E-state index in [0.29, 0.717) is 16.1 Å². The Hall–Kier alpha value is -1.17. The standard InChI is InChI=1S/C10H9ClN2O2S/c1-12-10(16)13-8(14)6-3-2-5(11)4-7(6)9(13)15/h2-4,8,14H,1H3,(H,12,16). The number of halogens is 1. The molecule has 0 aliphatic carbocycles. The fourth-order valence-corrected chi connectivity index (χ4v) is 2.00. The van der Waals surface area contributed by atoms with Gasteiger partial charge in [0, 0.05) is 23.2 Å². The first kappa shape index (κ1) is 11.3. The second-order valence-corrected chi connectivity index (χ2v) is 4.16. The molecular weight excluding hydrogens is 248 g/mol.